The molecule has 0 aromatic carbocycles. The highest BCUT2D eigenvalue weighted by Gasteiger charge is 2.48. The first-order valence-corrected chi connectivity index (χ1v) is 8.70. The smallest absolute Gasteiger partial charge is 0.250 e. The van der Waals surface area contributed by atoms with Crippen LogP contribution < -0.4 is 5.32 Å². The van der Waals surface area contributed by atoms with Gasteiger partial charge in [-0.25, -0.2) is 8.78 Å². The molecule has 1 N–H and O–H groups in total. The van der Waals surface area contributed by atoms with Crippen molar-refractivity contribution in [2.45, 2.75) is 63.3 Å². The molecule has 0 aromatic heterocycles. The summed E-state index contributed by atoms with van der Waals surface area (Å²) < 4.78 is 28.6. The Balaban J connectivity index is 1.62. The summed E-state index contributed by atoms with van der Waals surface area (Å²) in [7, 11) is 0. The first-order valence-electron chi connectivity index (χ1n) is 8.70. The summed E-state index contributed by atoms with van der Waals surface area (Å²) in [6.45, 7) is 1.30. The van der Waals surface area contributed by atoms with Crippen molar-refractivity contribution < 1.29 is 13.6 Å². The molecule has 1 atom stereocenters. The Kier molecular flexibility index (Phi) is 4.59. The molecule has 23 heavy (non-hydrogen) atoms. The molecular formula is C17H25F2N3O. The van der Waals surface area contributed by atoms with Crippen LogP contribution in [-0.4, -0.2) is 42.4 Å². The van der Waals surface area contributed by atoms with Crippen LogP contribution in [0.2, 0.25) is 0 Å². The van der Waals surface area contributed by atoms with Crippen LogP contribution in [0.1, 0.15) is 51.4 Å². The SMILES string of the molecule is N#CCNC(=O)[C@H](CC(F)(F)CC1CC1)N1CCC2(CC1)CC2. The number of nitrogens with zero attached hydrogens (tertiary/aromatic N) is 2. The topological polar surface area (TPSA) is 56.1 Å². The van der Waals surface area contributed by atoms with Crippen LogP contribution in [0.25, 0.3) is 0 Å². The highest BCUT2D eigenvalue weighted by molar-refractivity contribution is 5.82. The summed E-state index contributed by atoms with van der Waals surface area (Å²) in [5.74, 6) is -3.09. The second kappa shape index (κ2) is 6.35. The minimum Gasteiger partial charge on any atom is -0.342 e. The largest absolute Gasteiger partial charge is 0.342 e. The molecule has 4 nitrogen and oxygen atoms in total. The van der Waals surface area contributed by atoms with E-state index >= 15 is 0 Å². The third-order valence-corrected chi connectivity index (χ3v) is 5.68. The van der Waals surface area contributed by atoms with Gasteiger partial charge in [0.2, 0.25) is 11.8 Å². The summed E-state index contributed by atoms with van der Waals surface area (Å²) in [5.41, 5.74) is 0.445. The molecule has 1 aliphatic heterocycles. The highest BCUT2D eigenvalue weighted by Crippen LogP contribution is 2.54. The quantitative estimate of drug-likeness (QED) is 0.732. The summed E-state index contributed by atoms with van der Waals surface area (Å²) in [6, 6.07) is 1.03. The molecule has 2 aliphatic carbocycles. The van der Waals surface area contributed by atoms with E-state index < -0.39 is 24.3 Å². The van der Waals surface area contributed by atoms with E-state index in [-0.39, 0.29) is 18.9 Å². The number of halogens is 2. The van der Waals surface area contributed by atoms with E-state index in [0.717, 1.165) is 25.7 Å². The molecular weight excluding hydrogens is 300 g/mol. The third kappa shape index (κ3) is 4.41. The number of alkyl halides is 2. The van der Waals surface area contributed by atoms with Gasteiger partial charge in [0.15, 0.2) is 0 Å². The summed E-state index contributed by atoms with van der Waals surface area (Å²) in [4.78, 5) is 14.2. The van der Waals surface area contributed by atoms with Crippen molar-refractivity contribution in [3.63, 3.8) is 0 Å². The predicted molar refractivity (Wildman–Crippen MR) is 81.8 cm³/mol. The molecule has 3 aliphatic rings. The average Bonchev–Trinajstić information content (AvgIpc) is 3.43. The lowest BCUT2D eigenvalue weighted by Crippen LogP contribution is -2.52. The van der Waals surface area contributed by atoms with E-state index in [1.807, 2.05) is 11.0 Å². The van der Waals surface area contributed by atoms with E-state index in [2.05, 4.69) is 5.32 Å². The summed E-state index contributed by atoms with van der Waals surface area (Å²) in [5, 5.41) is 11.1. The number of likely N-dealkylation sites (tertiary alicyclic amines) is 1. The first-order chi connectivity index (χ1) is 10.9. The molecule has 0 aromatic rings. The Bertz CT molecular complexity index is 485. The Labute approximate surface area is 136 Å². The van der Waals surface area contributed by atoms with Gasteiger partial charge in [0, 0.05) is 12.8 Å². The van der Waals surface area contributed by atoms with Gasteiger partial charge in [-0.05, 0) is 62.9 Å². The standard InChI is InChI=1S/C17H25F2N3O/c18-17(19,11-13-1-2-13)12-14(15(23)21-8-7-20)22-9-5-16(3-4-16)6-10-22/h13-14H,1-6,8-12H2,(H,21,23)/t14-/m0/s1. The lowest BCUT2D eigenvalue weighted by molar-refractivity contribution is -0.132. The van der Waals surface area contributed by atoms with E-state index in [1.54, 1.807) is 0 Å². The van der Waals surface area contributed by atoms with Crippen LogP contribution in [-0.2, 0) is 4.79 Å². The van der Waals surface area contributed by atoms with Crippen molar-refractivity contribution in [1.29, 1.82) is 5.26 Å². The van der Waals surface area contributed by atoms with Crippen LogP contribution in [0.4, 0.5) is 8.78 Å². The first kappa shape index (κ1) is 16.6. The van der Waals surface area contributed by atoms with Gasteiger partial charge < -0.3 is 5.32 Å². The molecule has 1 heterocycles. The highest BCUT2D eigenvalue weighted by atomic mass is 19.3. The number of nitriles is 1. The van der Waals surface area contributed by atoms with Gasteiger partial charge in [-0.2, -0.15) is 5.26 Å². The molecule has 0 unspecified atom stereocenters. The van der Waals surface area contributed by atoms with Gasteiger partial charge in [-0.1, -0.05) is 0 Å². The molecule has 3 rings (SSSR count). The minimum atomic E-state index is -2.80. The van der Waals surface area contributed by atoms with Crippen LogP contribution in [0.3, 0.4) is 0 Å². The molecule has 128 valence electrons. The normalized spacial score (nSPS) is 24.9. The Morgan fingerprint density at radius 1 is 1.30 bits per heavy atom. The maximum atomic E-state index is 14.3. The second-order valence-electron chi connectivity index (χ2n) is 7.64. The third-order valence-electron chi connectivity index (χ3n) is 5.68. The fourth-order valence-corrected chi connectivity index (χ4v) is 3.73. The molecule has 1 saturated heterocycles. The van der Waals surface area contributed by atoms with Crippen molar-refractivity contribution in [1.82, 2.24) is 10.2 Å². The van der Waals surface area contributed by atoms with E-state index in [9.17, 15) is 13.6 Å². The van der Waals surface area contributed by atoms with Crippen LogP contribution in [0, 0.1) is 22.7 Å². The second-order valence-corrected chi connectivity index (χ2v) is 7.64. The maximum absolute atomic E-state index is 14.3. The van der Waals surface area contributed by atoms with E-state index in [0.29, 0.717) is 18.5 Å². The van der Waals surface area contributed by atoms with Crippen molar-refractivity contribution >= 4 is 5.91 Å². The average molecular weight is 325 g/mol. The van der Waals surface area contributed by atoms with Gasteiger partial charge in [0.1, 0.15) is 6.54 Å². The van der Waals surface area contributed by atoms with Crippen LogP contribution >= 0.6 is 0 Å². The zero-order valence-electron chi connectivity index (χ0n) is 13.5. The number of piperidine rings is 1. The van der Waals surface area contributed by atoms with Gasteiger partial charge in [-0.15, -0.1) is 0 Å². The van der Waals surface area contributed by atoms with E-state index in [1.165, 1.54) is 12.8 Å². The Morgan fingerprint density at radius 3 is 2.48 bits per heavy atom. The van der Waals surface area contributed by atoms with Crippen LogP contribution in [0.15, 0.2) is 0 Å². The van der Waals surface area contributed by atoms with Crippen molar-refractivity contribution in [3.05, 3.63) is 0 Å². The van der Waals surface area contributed by atoms with Crippen molar-refractivity contribution in [2.24, 2.45) is 11.3 Å². The van der Waals surface area contributed by atoms with Gasteiger partial charge >= 0.3 is 0 Å². The Morgan fingerprint density at radius 2 is 1.96 bits per heavy atom. The number of hydrogen-bond acceptors (Lipinski definition) is 3. The lowest BCUT2D eigenvalue weighted by Gasteiger charge is -2.38. The lowest BCUT2D eigenvalue weighted by atomic mass is 9.91. The molecule has 1 spiro atoms. The maximum Gasteiger partial charge on any atom is 0.250 e. The van der Waals surface area contributed by atoms with Crippen molar-refractivity contribution in [2.75, 3.05) is 19.6 Å². The van der Waals surface area contributed by atoms with Gasteiger partial charge in [0.05, 0.1) is 12.1 Å². The summed E-state index contributed by atoms with van der Waals surface area (Å²) >= 11 is 0. The zero-order valence-corrected chi connectivity index (χ0v) is 13.5. The fraction of sp³-hybridized carbons (Fsp3) is 0.882. The monoisotopic (exact) mass is 325 g/mol. The number of carbonyl (C=O) groups is 1. The van der Waals surface area contributed by atoms with Crippen molar-refractivity contribution in [3.8, 4) is 6.07 Å². The molecule has 1 amide bonds. The zero-order chi connectivity index (χ0) is 16.5. The Hall–Kier alpha value is -1.22. The fourth-order valence-electron chi connectivity index (χ4n) is 3.73. The number of carbonyl (C=O) groups excluding carboxylic acids is 1. The van der Waals surface area contributed by atoms with E-state index in [4.69, 9.17) is 5.26 Å². The van der Waals surface area contributed by atoms with Gasteiger partial charge in [0.25, 0.3) is 0 Å². The molecule has 6 heteroatoms. The molecule has 3 fully saturated rings. The number of rotatable bonds is 7. The molecule has 2 saturated carbocycles. The number of hydrogen-bond donors (Lipinski definition) is 1. The predicted octanol–water partition coefficient (Wildman–Crippen LogP) is 2.70. The number of nitrogens with one attached hydrogen (secondary N) is 1. The van der Waals surface area contributed by atoms with Crippen LogP contribution in [0.5, 0.6) is 0 Å². The number of amides is 1. The minimum absolute atomic E-state index is 0.104. The molecule has 0 bridgehead atoms. The summed E-state index contributed by atoms with van der Waals surface area (Å²) in [6.07, 6.45) is 5.72. The van der Waals surface area contributed by atoms with Gasteiger partial charge in [-0.3, -0.25) is 9.69 Å². The molecule has 0 radical (unpaired) electrons.